The van der Waals surface area contributed by atoms with E-state index in [0.29, 0.717) is 5.95 Å². The Kier molecular flexibility index (Phi) is 2.22. The van der Waals surface area contributed by atoms with Gasteiger partial charge in [0.2, 0.25) is 5.95 Å². The van der Waals surface area contributed by atoms with Crippen molar-refractivity contribution in [1.82, 2.24) is 9.97 Å². The first kappa shape index (κ1) is 9.17. The lowest BCUT2D eigenvalue weighted by atomic mass is 10.2. The Morgan fingerprint density at radius 1 is 1.57 bits per heavy atom. The minimum atomic E-state index is -2.09. The van der Waals surface area contributed by atoms with Crippen LogP contribution in [0.15, 0.2) is 18.2 Å². The Labute approximate surface area is 83.0 Å². The summed E-state index contributed by atoms with van der Waals surface area (Å²) in [6, 6.07) is 5.71. The monoisotopic (exact) mass is 211 g/mol. The summed E-state index contributed by atoms with van der Waals surface area (Å²) in [6.07, 6.45) is 0. The van der Waals surface area contributed by atoms with Gasteiger partial charge in [-0.15, -0.1) is 0 Å². The summed E-state index contributed by atoms with van der Waals surface area (Å²) in [6.45, 7) is 1.97. The first-order valence-corrected chi connectivity index (χ1v) is 5.10. The van der Waals surface area contributed by atoms with Crippen molar-refractivity contribution in [1.29, 1.82) is 0 Å². The van der Waals surface area contributed by atoms with E-state index in [1.54, 1.807) is 0 Å². The first-order chi connectivity index (χ1) is 6.65. The zero-order valence-corrected chi connectivity index (χ0v) is 8.26. The molecule has 6 heteroatoms. The molecule has 3 N–H and O–H groups in total. The second-order valence-corrected chi connectivity index (χ2v) is 3.66. The van der Waals surface area contributed by atoms with E-state index >= 15 is 0 Å². The summed E-state index contributed by atoms with van der Waals surface area (Å²) in [4.78, 5) is 6.97. The van der Waals surface area contributed by atoms with Crippen LogP contribution in [-0.2, 0) is 11.3 Å². The van der Waals surface area contributed by atoms with Crippen molar-refractivity contribution in [2.75, 3.05) is 4.72 Å². The Morgan fingerprint density at radius 2 is 2.36 bits per heavy atom. The number of H-pyrrole nitrogens is 1. The number of fused-ring (bicyclic) bond motifs is 1. The lowest BCUT2D eigenvalue weighted by Gasteiger charge is -1.91. The van der Waals surface area contributed by atoms with Gasteiger partial charge in [0, 0.05) is 0 Å². The van der Waals surface area contributed by atoms with Gasteiger partial charge >= 0.3 is 0 Å². The maximum absolute atomic E-state index is 10.5. The maximum atomic E-state index is 10.5. The van der Waals surface area contributed by atoms with Gasteiger partial charge in [0.25, 0.3) is 11.3 Å². The van der Waals surface area contributed by atoms with Gasteiger partial charge in [-0.05, 0) is 24.6 Å². The van der Waals surface area contributed by atoms with Gasteiger partial charge in [0.15, 0.2) is 0 Å². The molecule has 1 unspecified atom stereocenters. The number of nitrogens with zero attached hydrogens (tertiary/aromatic N) is 1. The fraction of sp³-hybridized carbons (Fsp3) is 0.125. The normalized spacial score (nSPS) is 13.0. The van der Waals surface area contributed by atoms with Crippen molar-refractivity contribution >= 4 is 28.2 Å². The van der Waals surface area contributed by atoms with Gasteiger partial charge in [-0.1, -0.05) is 6.07 Å². The zero-order chi connectivity index (χ0) is 10.1. The lowest BCUT2D eigenvalue weighted by molar-refractivity contribution is 0.570. The highest BCUT2D eigenvalue weighted by Crippen LogP contribution is 2.15. The molecule has 0 spiro atoms. The van der Waals surface area contributed by atoms with Crippen LogP contribution in [-0.4, -0.2) is 18.7 Å². The quantitative estimate of drug-likeness (QED) is 0.657. The minimum absolute atomic E-state index is 0.298. The minimum Gasteiger partial charge on any atom is -0.323 e. The molecule has 0 aliphatic rings. The number of hydrogen-bond acceptors (Lipinski definition) is 2. The summed E-state index contributed by atoms with van der Waals surface area (Å²) >= 11 is -2.09. The van der Waals surface area contributed by atoms with E-state index in [0.717, 1.165) is 16.6 Å². The van der Waals surface area contributed by atoms with Crippen LogP contribution in [0.25, 0.3) is 11.0 Å². The third-order valence-corrected chi connectivity index (χ3v) is 2.19. The third-order valence-electron chi connectivity index (χ3n) is 1.82. The van der Waals surface area contributed by atoms with Crippen LogP contribution in [0, 0.1) is 6.92 Å². The van der Waals surface area contributed by atoms with Crippen LogP contribution in [0.2, 0.25) is 0 Å². The molecule has 74 valence electrons. The summed E-state index contributed by atoms with van der Waals surface area (Å²) in [7, 11) is 0. The van der Waals surface area contributed by atoms with E-state index in [1.165, 1.54) is 0 Å². The van der Waals surface area contributed by atoms with E-state index in [4.69, 9.17) is 4.55 Å². The highest BCUT2D eigenvalue weighted by Gasteiger charge is 2.03. The van der Waals surface area contributed by atoms with Crippen LogP contribution >= 0.6 is 0 Å². The molecule has 0 bridgehead atoms. The number of hydrogen-bond donors (Lipinski definition) is 3. The average molecular weight is 211 g/mol. The fourth-order valence-corrected chi connectivity index (χ4v) is 1.52. The molecule has 0 radical (unpaired) electrons. The highest BCUT2D eigenvalue weighted by molar-refractivity contribution is 7.80. The summed E-state index contributed by atoms with van der Waals surface area (Å²) in [5.41, 5.74) is 2.72. The number of aromatic amines is 1. The van der Waals surface area contributed by atoms with Gasteiger partial charge < -0.3 is 4.98 Å². The van der Waals surface area contributed by atoms with Crippen LogP contribution < -0.4 is 4.72 Å². The number of nitrogens with one attached hydrogen (secondary N) is 2. The number of imidazole rings is 1. The van der Waals surface area contributed by atoms with Crippen molar-refractivity contribution in [3.05, 3.63) is 23.8 Å². The van der Waals surface area contributed by atoms with Crippen molar-refractivity contribution in [3.63, 3.8) is 0 Å². The average Bonchev–Trinajstić information content (AvgIpc) is 2.44. The summed E-state index contributed by atoms with van der Waals surface area (Å²) in [5.74, 6) is 0.298. The maximum Gasteiger partial charge on any atom is 0.261 e. The van der Waals surface area contributed by atoms with E-state index in [9.17, 15) is 4.21 Å². The van der Waals surface area contributed by atoms with Crippen LogP contribution in [0.5, 0.6) is 0 Å². The zero-order valence-electron chi connectivity index (χ0n) is 7.44. The van der Waals surface area contributed by atoms with Crippen molar-refractivity contribution in [2.24, 2.45) is 0 Å². The van der Waals surface area contributed by atoms with Gasteiger partial charge in [-0.2, -0.15) is 0 Å². The van der Waals surface area contributed by atoms with Gasteiger partial charge in [0.1, 0.15) is 0 Å². The van der Waals surface area contributed by atoms with Gasteiger partial charge in [0.05, 0.1) is 11.0 Å². The second-order valence-electron chi connectivity index (χ2n) is 2.96. The Hall–Kier alpha value is -1.40. The topological polar surface area (TPSA) is 78.0 Å². The molecule has 0 aliphatic heterocycles. The molecule has 1 heterocycles. The molecule has 1 aromatic heterocycles. The smallest absolute Gasteiger partial charge is 0.261 e. The van der Waals surface area contributed by atoms with Crippen LogP contribution in [0.4, 0.5) is 5.95 Å². The molecule has 1 atom stereocenters. The van der Waals surface area contributed by atoms with E-state index in [1.807, 2.05) is 25.1 Å². The predicted molar refractivity (Wildman–Crippen MR) is 55.2 cm³/mol. The molecule has 5 nitrogen and oxygen atoms in total. The molecule has 0 aliphatic carbocycles. The van der Waals surface area contributed by atoms with Crippen molar-refractivity contribution < 1.29 is 8.76 Å². The Balaban J connectivity index is 2.46. The Bertz CT molecular complexity index is 494. The number of anilines is 1. The number of benzene rings is 1. The molecule has 2 rings (SSSR count). The molecule has 2 aromatic rings. The fourth-order valence-electron chi connectivity index (χ4n) is 1.25. The first-order valence-electron chi connectivity index (χ1n) is 3.99. The molecule has 1 aromatic carbocycles. The number of rotatable bonds is 2. The van der Waals surface area contributed by atoms with E-state index in [-0.39, 0.29) is 0 Å². The summed E-state index contributed by atoms with van der Waals surface area (Å²) < 4.78 is 21.3. The van der Waals surface area contributed by atoms with Crippen LogP contribution in [0.1, 0.15) is 5.56 Å². The van der Waals surface area contributed by atoms with Gasteiger partial charge in [-0.25, -0.2) is 9.19 Å². The molecule has 0 fully saturated rings. The largest absolute Gasteiger partial charge is 0.323 e. The lowest BCUT2D eigenvalue weighted by Crippen LogP contribution is -2.02. The standard InChI is InChI=1S/C8H9N3O2S/c1-5-2-3-6-7(4-5)10-8(9-6)11-14(12)13/h2-4H,1H3,(H,12,13)(H2,9,10,11). The van der Waals surface area contributed by atoms with Gasteiger partial charge in [-0.3, -0.25) is 9.27 Å². The van der Waals surface area contributed by atoms with E-state index < -0.39 is 11.3 Å². The molecule has 0 saturated heterocycles. The SMILES string of the molecule is Cc1ccc2nc(NS(=O)O)[nH]c2c1. The molecular weight excluding hydrogens is 202 g/mol. The van der Waals surface area contributed by atoms with E-state index in [2.05, 4.69) is 14.7 Å². The molecule has 0 saturated carbocycles. The molecule has 14 heavy (non-hydrogen) atoms. The number of aromatic nitrogens is 2. The molecule has 0 amide bonds. The second kappa shape index (κ2) is 3.39. The highest BCUT2D eigenvalue weighted by atomic mass is 32.2. The van der Waals surface area contributed by atoms with Crippen molar-refractivity contribution in [3.8, 4) is 0 Å². The predicted octanol–water partition coefficient (Wildman–Crippen LogP) is 1.42. The molecular formula is C8H9N3O2S. The third kappa shape index (κ3) is 1.75. The Morgan fingerprint density at radius 3 is 3.07 bits per heavy atom. The van der Waals surface area contributed by atoms with Crippen LogP contribution in [0.3, 0.4) is 0 Å². The summed E-state index contributed by atoms with van der Waals surface area (Å²) in [5, 5.41) is 0. The number of aryl methyl sites for hydroxylation is 1. The van der Waals surface area contributed by atoms with Crippen molar-refractivity contribution in [2.45, 2.75) is 6.92 Å².